The Morgan fingerprint density at radius 3 is 2.31 bits per heavy atom. The van der Waals surface area contributed by atoms with Crippen molar-refractivity contribution in [2.45, 2.75) is 37.6 Å². The van der Waals surface area contributed by atoms with Gasteiger partial charge < -0.3 is 10.4 Å². The molecule has 0 atom stereocenters. The molecule has 2 aromatic carbocycles. The van der Waals surface area contributed by atoms with Crippen molar-refractivity contribution in [3.8, 4) is 0 Å². The molecule has 0 fully saturated rings. The van der Waals surface area contributed by atoms with Crippen molar-refractivity contribution in [2.75, 3.05) is 11.9 Å². The number of hydrogen-bond acceptors (Lipinski definition) is 4. The molecule has 26 heavy (non-hydrogen) atoms. The van der Waals surface area contributed by atoms with E-state index in [2.05, 4.69) is 10.0 Å². The van der Waals surface area contributed by atoms with E-state index in [1.165, 1.54) is 18.2 Å². The number of nitrogens with one attached hydrogen (secondary N) is 2. The molecule has 140 valence electrons. The zero-order valence-electron chi connectivity index (χ0n) is 15.1. The van der Waals surface area contributed by atoms with Crippen LogP contribution in [0.2, 0.25) is 0 Å². The van der Waals surface area contributed by atoms with E-state index in [0.29, 0.717) is 12.1 Å². The highest BCUT2D eigenvalue weighted by Crippen LogP contribution is 2.23. The van der Waals surface area contributed by atoms with Gasteiger partial charge in [0.2, 0.25) is 10.0 Å². The third-order valence-corrected chi connectivity index (χ3v) is 5.05. The molecule has 0 amide bonds. The predicted molar refractivity (Wildman–Crippen MR) is 102 cm³/mol. The quantitative estimate of drug-likeness (QED) is 0.690. The fourth-order valence-electron chi connectivity index (χ4n) is 2.44. The number of benzene rings is 2. The van der Waals surface area contributed by atoms with E-state index in [1.54, 1.807) is 0 Å². The molecule has 0 saturated carbocycles. The van der Waals surface area contributed by atoms with Crippen molar-refractivity contribution in [1.82, 2.24) is 4.72 Å². The van der Waals surface area contributed by atoms with Gasteiger partial charge in [0.05, 0.1) is 10.5 Å². The van der Waals surface area contributed by atoms with Gasteiger partial charge in [0.15, 0.2) is 0 Å². The molecular formula is C19H24N2O4S. The average molecular weight is 376 g/mol. The standard InChI is InChI=1S/C19H24N2O4S/c1-19(2,3)21-17-10-9-15(13-16(17)18(22)23)26(24,25)20-12-11-14-7-5-4-6-8-14/h4-10,13,20-21H,11-12H2,1-3H3,(H,22,23). The van der Waals surface area contributed by atoms with Crippen molar-refractivity contribution in [1.29, 1.82) is 0 Å². The maximum Gasteiger partial charge on any atom is 0.337 e. The Kier molecular flexibility index (Phi) is 6.05. The number of hydrogen-bond donors (Lipinski definition) is 3. The minimum Gasteiger partial charge on any atom is -0.478 e. The van der Waals surface area contributed by atoms with Crippen LogP contribution in [0.15, 0.2) is 53.4 Å². The molecule has 0 unspecified atom stereocenters. The fraction of sp³-hybridized carbons (Fsp3) is 0.316. The third-order valence-electron chi connectivity index (χ3n) is 3.59. The highest BCUT2D eigenvalue weighted by molar-refractivity contribution is 7.89. The molecule has 0 aliphatic carbocycles. The zero-order chi connectivity index (χ0) is 19.4. The molecule has 2 rings (SSSR count). The van der Waals surface area contributed by atoms with Gasteiger partial charge in [-0.3, -0.25) is 0 Å². The van der Waals surface area contributed by atoms with Gasteiger partial charge in [-0.1, -0.05) is 30.3 Å². The molecule has 0 saturated heterocycles. The lowest BCUT2D eigenvalue weighted by Crippen LogP contribution is -2.28. The summed E-state index contributed by atoms with van der Waals surface area (Å²) in [4.78, 5) is 11.5. The maximum atomic E-state index is 12.5. The van der Waals surface area contributed by atoms with E-state index >= 15 is 0 Å². The summed E-state index contributed by atoms with van der Waals surface area (Å²) in [5.41, 5.74) is 0.976. The van der Waals surface area contributed by atoms with Crippen molar-refractivity contribution in [3.05, 3.63) is 59.7 Å². The first-order valence-corrected chi connectivity index (χ1v) is 9.76. The smallest absolute Gasteiger partial charge is 0.337 e. The van der Waals surface area contributed by atoms with E-state index in [-0.39, 0.29) is 22.5 Å². The Labute approximate surface area is 154 Å². The molecule has 0 spiro atoms. The molecule has 7 heteroatoms. The van der Waals surface area contributed by atoms with Crippen LogP contribution in [-0.2, 0) is 16.4 Å². The summed E-state index contributed by atoms with van der Waals surface area (Å²) < 4.78 is 27.5. The van der Waals surface area contributed by atoms with Crippen molar-refractivity contribution < 1.29 is 18.3 Å². The molecule has 0 aliphatic rings. The normalized spacial score (nSPS) is 12.0. The summed E-state index contributed by atoms with van der Waals surface area (Å²) in [6, 6.07) is 13.6. The Balaban J connectivity index is 2.18. The second kappa shape index (κ2) is 7.88. The summed E-state index contributed by atoms with van der Waals surface area (Å²) in [5, 5.41) is 12.5. The first-order valence-electron chi connectivity index (χ1n) is 8.28. The molecule has 0 bridgehead atoms. The van der Waals surface area contributed by atoms with Crippen LogP contribution < -0.4 is 10.0 Å². The van der Waals surface area contributed by atoms with Gasteiger partial charge in [-0.25, -0.2) is 17.9 Å². The topological polar surface area (TPSA) is 95.5 Å². The van der Waals surface area contributed by atoms with E-state index in [9.17, 15) is 18.3 Å². The fourth-order valence-corrected chi connectivity index (χ4v) is 3.50. The second-order valence-electron chi connectivity index (χ2n) is 7.02. The molecule has 6 nitrogen and oxygen atoms in total. The lowest BCUT2D eigenvalue weighted by molar-refractivity contribution is 0.0697. The highest BCUT2D eigenvalue weighted by Gasteiger charge is 2.21. The maximum absolute atomic E-state index is 12.5. The monoisotopic (exact) mass is 376 g/mol. The molecule has 0 aliphatic heterocycles. The van der Waals surface area contributed by atoms with Crippen molar-refractivity contribution in [2.24, 2.45) is 0 Å². The zero-order valence-corrected chi connectivity index (χ0v) is 15.9. The first-order chi connectivity index (χ1) is 12.1. The molecule has 3 N–H and O–H groups in total. The van der Waals surface area contributed by atoms with Crippen LogP contribution in [0.5, 0.6) is 0 Å². The number of carbonyl (C=O) groups is 1. The van der Waals surface area contributed by atoms with Gasteiger partial charge in [0.1, 0.15) is 0 Å². The van der Waals surface area contributed by atoms with Gasteiger partial charge in [-0.15, -0.1) is 0 Å². The van der Waals surface area contributed by atoms with Gasteiger partial charge >= 0.3 is 5.97 Å². The summed E-state index contributed by atoms with van der Waals surface area (Å²) in [6.45, 7) is 5.92. The number of carboxylic acids is 1. The van der Waals surface area contributed by atoms with Crippen LogP contribution in [0.3, 0.4) is 0 Å². The van der Waals surface area contributed by atoms with Gasteiger partial charge in [-0.05, 0) is 51.0 Å². The summed E-state index contributed by atoms with van der Waals surface area (Å²) >= 11 is 0. The number of sulfonamides is 1. The van der Waals surface area contributed by atoms with Crippen LogP contribution in [-0.4, -0.2) is 31.6 Å². The Morgan fingerprint density at radius 2 is 1.73 bits per heavy atom. The number of rotatable bonds is 7. The molecule has 0 heterocycles. The number of anilines is 1. The van der Waals surface area contributed by atoms with Crippen molar-refractivity contribution in [3.63, 3.8) is 0 Å². The average Bonchev–Trinajstić information content (AvgIpc) is 2.54. The van der Waals surface area contributed by atoms with E-state index in [4.69, 9.17) is 0 Å². The van der Waals surface area contributed by atoms with Gasteiger partial charge in [-0.2, -0.15) is 0 Å². The minimum absolute atomic E-state index is 0.0672. The van der Waals surface area contributed by atoms with Crippen LogP contribution >= 0.6 is 0 Å². The lowest BCUT2D eigenvalue weighted by Gasteiger charge is -2.23. The Bertz CT molecular complexity index is 872. The number of carboxylic acid groups (broad SMARTS) is 1. The first kappa shape index (κ1) is 19.9. The van der Waals surface area contributed by atoms with E-state index in [1.807, 2.05) is 51.1 Å². The van der Waals surface area contributed by atoms with Crippen LogP contribution in [0, 0.1) is 0 Å². The lowest BCUT2D eigenvalue weighted by atomic mass is 10.1. The SMILES string of the molecule is CC(C)(C)Nc1ccc(S(=O)(=O)NCCc2ccccc2)cc1C(=O)O. The van der Waals surface area contributed by atoms with Crippen molar-refractivity contribution >= 4 is 21.7 Å². The minimum atomic E-state index is -3.79. The molecule has 0 radical (unpaired) electrons. The van der Waals surface area contributed by atoms with E-state index < -0.39 is 16.0 Å². The molecule has 0 aromatic heterocycles. The second-order valence-corrected chi connectivity index (χ2v) is 8.79. The van der Waals surface area contributed by atoms with Gasteiger partial charge in [0, 0.05) is 17.8 Å². The largest absolute Gasteiger partial charge is 0.478 e. The third kappa shape index (κ3) is 5.57. The Morgan fingerprint density at radius 1 is 1.08 bits per heavy atom. The summed E-state index contributed by atoms with van der Waals surface area (Å²) in [6.07, 6.45) is 0.551. The Hall–Kier alpha value is -2.38. The summed E-state index contributed by atoms with van der Waals surface area (Å²) in [5.74, 6) is -1.18. The van der Waals surface area contributed by atoms with Crippen LogP contribution in [0.1, 0.15) is 36.7 Å². The van der Waals surface area contributed by atoms with E-state index in [0.717, 1.165) is 5.56 Å². The predicted octanol–water partition coefficient (Wildman–Crippen LogP) is 3.12. The molecule has 2 aromatic rings. The van der Waals surface area contributed by atoms with Gasteiger partial charge in [0.25, 0.3) is 0 Å². The highest BCUT2D eigenvalue weighted by atomic mass is 32.2. The van der Waals surface area contributed by atoms with Crippen LogP contribution in [0.4, 0.5) is 5.69 Å². The molecular weight excluding hydrogens is 352 g/mol. The number of aromatic carboxylic acids is 1. The van der Waals surface area contributed by atoms with Crippen LogP contribution in [0.25, 0.3) is 0 Å². The summed E-state index contributed by atoms with van der Waals surface area (Å²) in [7, 11) is -3.79.